The molecule has 0 radical (unpaired) electrons. The van der Waals surface area contributed by atoms with E-state index in [1.165, 1.54) is 23.3 Å². The molecule has 126 valence electrons. The van der Waals surface area contributed by atoms with Crippen molar-refractivity contribution in [1.29, 1.82) is 0 Å². The van der Waals surface area contributed by atoms with Gasteiger partial charge in [0, 0.05) is 6.42 Å². The second-order valence-electron chi connectivity index (χ2n) is 6.74. The summed E-state index contributed by atoms with van der Waals surface area (Å²) in [5, 5.41) is 4.56. The molecule has 25 heavy (non-hydrogen) atoms. The molecule has 3 aromatic rings. The van der Waals surface area contributed by atoms with Crippen LogP contribution in [0.25, 0.3) is 5.69 Å². The van der Waals surface area contributed by atoms with E-state index in [1.54, 1.807) is 16.8 Å². The molecule has 1 aromatic heterocycles. The van der Waals surface area contributed by atoms with Crippen LogP contribution in [0.1, 0.15) is 45.2 Å². The molecule has 2 aromatic carbocycles. The number of benzene rings is 2. The predicted octanol–water partition coefficient (Wildman–Crippen LogP) is 4.54. The summed E-state index contributed by atoms with van der Waals surface area (Å²) in [5.41, 5.74) is 5.55. The van der Waals surface area contributed by atoms with Crippen LogP contribution in [0, 0.1) is 19.7 Å². The third kappa shape index (κ3) is 2.78. The van der Waals surface area contributed by atoms with E-state index in [1.807, 2.05) is 13.0 Å². The van der Waals surface area contributed by atoms with Gasteiger partial charge in [-0.3, -0.25) is 4.79 Å². The lowest BCUT2D eigenvalue weighted by molar-refractivity contribution is 0.0963. The molecule has 0 N–H and O–H groups in total. The van der Waals surface area contributed by atoms with E-state index in [4.69, 9.17) is 0 Å². The minimum Gasteiger partial charge on any atom is -0.294 e. The van der Waals surface area contributed by atoms with Crippen LogP contribution >= 0.6 is 0 Å². The first-order chi connectivity index (χ1) is 12.0. The molecule has 1 aliphatic rings. The maximum Gasteiger partial charge on any atom is 0.167 e. The zero-order chi connectivity index (χ0) is 17.6. The van der Waals surface area contributed by atoms with Gasteiger partial charge in [-0.15, -0.1) is 0 Å². The van der Waals surface area contributed by atoms with E-state index in [0.29, 0.717) is 6.42 Å². The summed E-state index contributed by atoms with van der Waals surface area (Å²) >= 11 is 0. The Morgan fingerprint density at radius 3 is 2.56 bits per heavy atom. The number of hydrogen-bond acceptors (Lipinski definition) is 2. The summed E-state index contributed by atoms with van der Waals surface area (Å²) in [7, 11) is 0. The fraction of sp³-hybridized carbons (Fsp3) is 0.238. The summed E-state index contributed by atoms with van der Waals surface area (Å²) in [6, 6.07) is 14.6. The van der Waals surface area contributed by atoms with E-state index in [-0.39, 0.29) is 17.5 Å². The van der Waals surface area contributed by atoms with Crippen LogP contribution < -0.4 is 0 Å². The quantitative estimate of drug-likeness (QED) is 0.689. The smallest absolute Gasteiger partial charge is 0.167 e. The van der Waals surface area contributed by atoms with Crippen LogP contribution in [0.4, 0.5) is 4.39 Å². The normalized spacial score (nSPS) is 16.8. The highest BCUT2D eigenvalue weighted by molar-refractivity contribution is 6.00. The molecule has 1 atom stereocenters. The SMILES string of the molecule is Cc1cccc([C@@H]2CC(=O)c3c(C)nn(-c4ccc(F)cc4)c3C2)c1. The minimum absolute atomic E-state index is 0.138. The zero-order valence-electron chi connectivity index (χ0n) is 14.3. The Labute approximate surface area is 146 Å². The highest BCUT2D eigenvalue weighted by Crippen LogP contribution is 2.35. The van der Waals surface area contributed by atoms with Crippen molar-refractivity contribution >= 4 is 5.78 Å². The van der Waals surface area contributed by atoms with Gasteiger partial charge in [0.1, 0.15) is 5.82 Å². The Morgan fingerprint density at radius 2 is 1.84 bits per heavy atom. The van der Waals surface area contributed by atoms with Crippen molar-refractivity contribution in [2.75, 3.05) is 0 Å². The number of fused-ring (bicyclic) bond motifs is 1. The topological polar surface area (TPSA) is 34.9 Å². The van der Waals surface area contributed by atoms with Gasteiger partial charge in [0.2, 0.25) is 0 Å². The van der Waals surface area contributed by atoms with Crippen LogP contribution in [0.2, 0.25) is 0 Å². The molecule has 0 unspecified atom stereocenters. The monoisotopic (exact) mass is 334 g/mol. The Kier molecular flexibility index (Phi) is 3.75. The summed E-state index contributed by atoms with van der Waals surface area (Å²) in [6.45, 7) is 3.93. The van der Waals surface area contributed by atoms with Crippen molar-refractivity contribution in [3.63, 3.8) is 0 Å². The number of carbonyl (C=O) groups excluding carboxylic acids is 1. The molecular formula is C21H19FN2O. The Balaban J connectivity index is 1.79. The molecule has 0 aliphatic heterocycles. The molecule has 0 saturated heterocycles. The van der Waals surface area contributed by atoms with Gasteiger partial charge < -0.3 is 0 Å². The van der Waals surface area contributed by atoms with E-state index in [2.05, 4.69) is 30.2 Å². The van der Waals surface area contributed by atoms with Crippen molar-refractivity contribution in [2.45, 2.75) is 32.6 Å². The number of ketones is 1. The molecule has 0 fully saturated rings. The average molecular weight is 334 g/mol. The fourth-order valence-corrected chi connectivity index (χ4v) is 3.71. The van der Waals surface area contributed by atoms with Crippen molar-refractivity contribution in [2.24, 2.45) is 0 Å². The van der Waals surface area contributed by atoms with Crippen molar-refractivity contribution in [3.8, 4) is 5.69 Å². The number of halogens is 1. The molecule has 0 bridgehead atoms. The van der Waals surface area contributed by atoms with Gasteiger partial charge >= 0.3 is 0 Å². The average Bonchev–Trinajstić information content (AvgIpc) is 2.93. The van der Waals surface area contributed by atoms with Crippen LogP contribution in [-0.4, -0.2) is 15.6 Å². The standard InChI is InChI=1S/C21H19FN2O/c1-13-4-3-5-15(10-13)16-11-19-21(20(25)12-16)14(2)23-24(19)18-8-6-17(22)7-9-18/h3-10,16H,11-12H2,1-2H3/t16-/m0/s1. The van der Waals surface area contributed by atoms with E-state index in [9.17, 15) is 9.18 Å². The van der Waals surface area contributed by atoms with Gasteiger partial charge in [-0.1, -0.05) is 29.8 Å². The highest BCUT2D eigenvalue weighted by Gasteiger charge is 2.32. The lowest BCUT2D eigenvalue weighted by Gasteiger charge is -2.23. The second kappa shape index (κ2) is 5.96. The first-order valence-electron chi connectivity index (χ1n) is 8.47. The van der Waals surface area contributed by atoms with Gasteiger partial charge in [0.15, 0.2) is 5.78 Å². The zero-order valence-corrected chi connectivity index (χ0v) is 14.3. The predicted molar refractivity (Wildman–Crippen MR) is 94.8 cm³/mol. The van der Waals surface area contributed by atoms with Crippen LogP contribution in [0.3, 0.4) is 0 Å². The van der Waals surface area contributed by atoms with Gasteiger partial charge in [-0.25, -0.2) is 9.07 Å². The number of Topliss-reactive ketones (excluding diaryl/α,β-unsaturated/α-hetero) is 1. The van der Waals surface area contributed by atoms with Crippen LogP contribution in [-0.2, 0) is 6.42 Å². The number of rotatable bonds is 2. The number of hydrogen-bond donors (Lipinski definition) is 0. The Hall–Kier alpha value is -2.75. The number of aryl methyl sites for hydroxylation is 2. The summed E-state index contributed by atoms with van der Waals surface area (Å²) < 4.78 is 15.0. The first-order valence-corrected chi connectivity index (χ1v) is 8.47. The largest absolute Gasteiger partial charge is 0.294 e. The molecule has 3 nitrogen and oxygen atoms in total. The Bertz CT molecular complexity index is 957. The summed E-state index contributed by atoms with van der Waals surface area (Å²) in [4.78, 5) is 12.8. The van der Waals surface area contributed by atoms with Crippen LogP contribution in [0.5, 0.6) is 0 Å². The number of carbonyl (C=O) groups is 1. The van der Waals surface area contributed by atoms with Gasteiger partial charge in [0.05, 0.1) is 22.6 Å². The fourth-order valence-electron chi connectivity index (χ4n) is 3.71. The van der Waals surface area contributed by atoms with Crippen LogP contribution in [0.15, 0.2) is 48.5 Å². The molecule has 4 heteroatoms. The van der Waals surface area contributed by atoms with Gasteiger partial charge in [0.25, 0.3) is 0 Å². The van der Waals surface area contributed by atoms with Crippen molar-refractivity contribution < 1.29 is 9.18 Å². The van der Waals surface area contributed by atoms with E-state index >= 15 is 0 Å². The minimum atomic E-state index is -0.282. The van der Waals surface area contributed by atoms with Gasteiger partial charge in [-0.05, 0) is 56.0 Å². The molecule has 1 heterocycles. The lowest BCUT2D eigenvalue weighted by Crippen LogP contribution is -2.20. The molecule has 4 rings (SSSR count). The highest BCUT2D eigenvalue weighted by atomic mass is 19.1. The Morgan fingerprint density at radius 1 is 1.08 bits per heavy atom. The second-order valence-corrected chi connectivity index (χ2v) is 6.74. The third-order valence-electron chi connectivity index (χ3n) is 4.89. The first kappa shape index (κ1) is 15.8. The molecule has 0 saturated carbocycles. The third-order valence-corrected chi connectivity index (χ3v) is 4.89. The summed E-state index contributed by atoms with van der Waals surface area (Å²) in [5.74, 6) is 0.00373. The maximum absolute atomic E-state index is 13.2. The molecule has 1 aliphatic carbocycles. The maximum atomic E-state index is 13.2. The van der Waals surface area contributed by atoms with Crippen molar-refractivity contribution in [3.05, 3.63) is 82.4 Å². The molecular weight excluding hydrogens is 315 g/mol. The summed E-state index contributed by atoms with van der Waals surface area (Å²) in [6.07, 6.45) is 1.26. The lowest BCUT2D eigenvalue weighted by atomic mass is 9.81. The van der Waals surface area contributed by atoms with Gasteiger partial charge in [-0.2, -0.15) is 5.10 Å². The number of aromatic nitrogens is 2. The van der Waals surface area contributed by atoms with Crippen molar-refractivity contribution in [1.82, 2.24) is 9.78 Å². The van der Waals surface area contributed by atoms with E-state index < -0.39 is 0 Å². The van der Waals surface area contributed by atoms with E-state index in [0.717, 1.165) is 29.1 Å². The molecule has 0 spiro atoms. The number of nitrogens with zero attached hydrogens (tertiary/aromatic N) is 2. The molecule has 0 amide bonds.